The summed E-state index contributed by atoms with van der Waals surface area (Å²) in [5, 5.41) is 12.4. The summed E-state index contributed by atoms with van der Waals surface area (Å²) in [6, 6.07) is 7.50. The molecule has 1 aliphatic rings. The lowest BCUT2D eigenvalue weighted by atomic mass is 10.2. The van der Waals surface area contributed by atoms with E-state index in [-0.39, 0.29) is 18.4 Å². The van der Waals surface area contributed by atoms with E-state index in [2.05, 4.69) is 5.32 Å². The Morgan fingerprint density at radius 3 is 2.79 bits per heavy atom. The maximum Gasteiger partial charge on any atom is 0.253 e. The first-order valence-corrected chi connectivity index (χ1v) is 6.70. The van der Waals surface area contributed by atoms with Crippen LogP contribution in [0.1, 0.15) is 0 Å². The molecule has 1 aliphatic heterocycles. The number of nitrogens with one attached hydrogen (secondary N) is 1. The Bertz CT molecular complexity index is 424. The minimum atomic E-state index is -0.567. The van der Waals surface area contributed by atoms with Gasteiger partial charge in [0.15, 0.2) is 0 Å². The minimum Gasteiger partial charge on any atom is -0.390 e. The molecule has 1 heterocycles. The lowest BCUT2D eigenvalue weighted by molar-refractivity contribution is -0.125. The molecule has 1 saturated heterocycles. The summed E-state index contributed by atoms with van der Waals surface area (Å²) in [5.74, 6) is 0.178. The summed E-state index contributed by atoms with van der Waals surface area (Å²) in [7, 11) is 0. The van der Waals surface area contributed by atoms with Gasteiger partial charge in [0.25, 0.3) is 5.91 Å². The van der Waals surface area contributed by atoms with Gasteiger partial charge in [-0.15, -0.1) is 11.6 Å². The van der Waals surface area contributed by atoms with E-state index in [1.54, 1.807) is 4.90 Å². The second-order valence-corrected chi connectivity index (χ2v) is 4.64. The van der Waals surface area contributed by atoms with Gasteiger partial charge in [0.2, 0.25) is 0 Å². The SMILES string of the molecule is O=C1COCCN1c1ccc(NC[C@H](O)CCl)cc1. The van der Waals surface area contributed by atoms with Crippen molar-refractivity contribution in [1.29, 1.82) is 0 Å². The van der Waals surface area contributed by atoms with Gasteiger partial charge in [0.05, 0.1) is 18.6 Å². The maximum atomic E-state index is 11.7. The van der Waals surface area contributed by atoms with Gasteiger partial charge >= 0.3 is 0 Å². The van der Waals surface area contributed by atoms with Crippen LogP contribution in [0.5, 0.6) is 0 Å². The van der Waals surface area contributed by atoms with E-state index in [0.717, 1.165) is 11.4 Å². The van der Waals surface area contributed by atoms with Crippen molar-refractivity contribution >= 4 is 28.9 Å². The largest absolute Gasteiger partial charge is 0.390 e. The van der Waals surface area contributed by atoms with E-state index >= 15 is 0 Å². The van der Waals surface area contributed by atoms with Crippen molar-refractivity contribution in [1.82, 2.24) is 0 Å². The number of rotatable bonds is 5. The molecule has 2 rings (SSSR count). The molecule has 0 aliphatic carbocycles. The number of alkyl halides is 1. The van der Waals surface area contributed by atoms with Crippen LogP contribution >= 0.6 is 11.6 Å². The summed E-state index contributed by atoms with van der Waals surface area (Å²) in [4.78, 5) is 13.4. The first-order chi connectivity index (χ1) is 9.20. The van der Waals surface area contributed by atoms with Crippen LogP contribution in [0.2, 0.25) is 0 Å². The van der Waals surface area contributed by atoms with E-state index in [4.69, 9.17) is 16.3 Å². The number of halogens is 1. The predicted molar refractivity (Wildman–Crippen MR) is 74.8 cm³/mol. The second-order valence-electron chi connectivity index (χ2n) is 4.33. The topological polar surface area (TPSA) is 61.8 Å². The number of carbonyl (C=O) groups is 1. The zero-order valence-corrected chi connectivity index (χ0v) is 11.3. The number of anilines is 2. The molecular weight excluding hydrogens is 268 g/mol. The number of amides is 1. The number of benzene rings is 1. The fourth-order valence-corrected chi connectivity index (χ4v) is 1.95. The van der Waals surface area contributed by atoms with Crippen molar-refractivity contribution in [3.63, 3.8) is 0 Å². The smallest absolute Gasteiger partial charge is 0.253 e. The highest BCUT2D eigenvalue weighted by atomic mass is 35.5. The summed E-state index contributed by atoms with van der Waals surface area (Å²) in [5.41, 5.74) is 1.74. The summed E-state index contributed by atoms with van der Waals surface area (Å²) in [6.07, 6.45) is -0.567. The molecule has 0 radical (unpaired) electrons. The first-order valence-electron chi connectivity index (χ1n) is 6.17. The highest BCUT2D eigenvalue weighted by Crippen LogP contribution is 2.19. The predicted octanol–water partition coefficient (Wildman–Crippen LogP) is 1.06. The number of nitrogens with zero attached hydrogens (tertiary/aromatic N) is 1. The van der Waals surface area contributed by atoms with Gasteiger partial charge in [-0.1, -0.05) is 0 Å². The van der Waals surface area contributed by atoms with Gasteiger partial charge in [-0.3, -0.25) is 4.79 Å². The number of morpholine rings is 1. The van der Waals surface area contributed by atoms with E-state index in [1.807, 2.05) is 24.3 Å². The molecule has 0 unspecified atom stereocenters. The van der Waals surface area contributed by atoms with Crippen molar-refractivity contribution < 1.29 is 14.6 Å². The monoisotopic (exact) mass is 284 g/mol. The Labute approximate surface area is 117 Å². The van der Waals surface area contributed by atoms with E-state index in [9.17, 15) is 9.90 Å². The quantitative estimate of drug-likeness (QED) is 0.794. The molecule has 19 heavy (non-hydrogen) atoms. The van der Waals surface area contributed by atoms with Gasteiger partial charge in [-0.2, -0.15) is 0 Å². The first kappa shape index (κ1) is 14.1. The molecule has 0 spiro atoms. The molecular formula is C13H17ClN2O3. The number of hydrogen-bond donors (Lipinski definition) is 2. The molecule has 5 nitrogen and oxygen atoms in total. The van der Waals surface area contributed by atoms with E-state index < -0.39 is 6.10 Å². The number of aliphatic hydroxyl groups is 1. The maximum absolute atomic E-state index is 11.7. The van der Waals surface area contributed by atoms with Gasteiger partial charge in [-0.25, -0.2) is 0 Å². The van der Waals surface area contributed by atoms with Crippen molar-refractivity contribution in [2.24, 2.45) is 0 Å². The number of carbonyl (C=O) groups excluding carboxylic acids is 1. The third kappa shape index (κ3) is 3.83. The summed E-state index contributed by atoms with van der Waals surface area (Å²) < 4.78 is 5.09. The molecule has 104 valence electrons. The van der Waals surface area contributed by atoms with Crippen molar-refractivity contribution in [3.05, 3.63) is 24.3 Å². The number of ether oxygens (including phenoxy) is 1. The van der Waals surface area contributed by atoms with Crippen LogP contribution < -0.4 is 10.2 Å². The van der Waals surface area contributed by atoms with Gasteiger partial charge in [-0.05, 0) is 24.3 Å². The van der Waals surface area contributed by atoms with Crippen LogP contribution in [-0.4, -0.2) is 49.3 Å². The van der Waals surface area contributed by atoms with Gasteiger partial charge in [0, 0.05) is 24.5 Å². The summed E-state index contributed by atoms with van der Waals surface area (Å²) in [6.45, 7) is 1.69. The van der Waals surface area contributed by atoms with Crippen LogP contribution in [0.15, 0.2) is 24.3 Å². The molecule has 0 saturated carbocycles. The van der Waals surface area contributed by atoms with Crippen LogP contribution in [0.3, 0.4) is 0 Å². The Kier molecular flexibility index (Phi) is 5.01. The number of aliphatic hydroxyl groups excluding tert-OH is 1. The Morgan fingerprint density at radius 1 is 1.42 bits per heavy atom. The Balaban J connectivity index is 1.95. The number of hydrogen-bond acceptors (Lipinski definition) is 4. The lowest BCUT2D eigenvalue weighted by Gasteiger charge is -2.27. The average Bonchev–Trinajstić information content (AvgIpc) is 2.46. The van der Waals surface area contributed by atoms with Crippen molar-refractivity contribution in [2.45, 2.75) is 6.10 Å². The Morgan fingerprint density at radius 2 is 2.16 bits per heavy atom. The van der Waals surface area contributed by atoms with E-state index in [1.165, 1.54) is 0 Å². The molecule has 1 aromatic rings. The Hall–Kier alpha value is -1.30. The van der Waals surface area contributed by atoms with Crippen molar-refractivity contribution in [3.8, 4) is 0 Å². The van der Waals surface area contributed by atoms with Gasteiger partial charge in [0.1, 0.15) is 6.61 Å². The van der Waals surface area contributed by atoms with Gasteiger partial charge < -0.3 is 20.1 Å². The normalized spacial score (nSPS) is 17.4. The molecule has 0 bridgehead atoms. The fourth-order valence-electron chi connectivity index (χ4n) is 1.84. The zero-order valence-electron chi connectivity index (χ0n) is 10.5. The molecule has 1 atom stereocenters. The average molecular weight is 285 g/mol. The fraction of sp³-hybridized carbons (Fsp3) is 0.462. The summed E-state index contributed by atoms with van der Waals surface area (Å²) >= 11 is 5.52. The highest BCUT2D eigenvalue weighted by Gasteiger charge is 2.19. The highest BCUT2D eigenvalue weighted by molar-refractivity contribution is 6.18. The second kappa shape index (κ2) is 6.75. The molecule has 6 heteroatoms. The minimum absolute atomic E-state index is 0.0236. The van der Waals surface area contributed by atoms with Crippen LogP contribution in [0, 0.1) is 0 Å². The van der Waals surface area contributed by atoms with Crippen LogP contribution in [-0.2, 0) is 9.53 Å². The van der Waals surface area contributed by atoms with Crippen LogP contribution in [0.25, 0.3) is 0 Å². The molecule has 1 fully saturated rings. The van der Waals surface area contributed by atoms with E-state index in [0.29, 0.717) is 19.7 Å². The lowest BCUT2D eigenvalue weighted by Crippen LogP contribution is -2.41. The molecule has 1 amide bonds. The molecule has 2 N–H and O–H groups in total. The molecule has 1 aromatic carbocycles. The zero-order chi connectivity index (χ0) is 13.7. The molecule has 0 aromatic heterocycles. The van der Waals surface area contributed by atoms with Crippen LogP contribution in [0.4, 0.5) is 11.4 Å². The van der Waals surface area contributed by atoms with Crippen molar-refractivity contribution in [2.75, 3.05) is 42.4 Å². The third-order valence-electron chi connectivity index (χ3n) is 2.88. The third-order valence-corrected chi connectivity index (χ3v) is 3.24. The standard InChI is InChI=1S/C13H17ClN2O3/c14-7-12(17)8-15-10-1-3-11(4-2-10)16-5-6-19-9-13(16)18/h1-4,12,15,17H,5-9H2/t12-/m1/s1.